The molecule has 1 atom stereocenters. The van der Waals surface area contributed by atoms with E-state index in [9.17, 15) is 0 Å². The van der Waals surface area contributed by atoms with Crippen LogP contribution in [-0.4, -0.2) is 37.2 Å². The van der Waals surface area contributed by atoms with Crippen LogP contribution in [0, 0.1) is 6.92 Å². The number of hydrogen-bond acceptors (Lipinski definition) is 6. The number of fused-ring (bicyclic) bond motifs is 1. The van der Waals surface area contributed by atoms with Gasteiger partial charge in [0.2, 0.25) is 0 Å². The van der Waals surface area contributed by atoms with Gasteiger partial charge in [-0.2, -0.15) is 0 Å². The fourth-order valence-electron chi connectivity index (χ4n) is 3.41. The summed E-state index contributed by atoms with van der Waals surface area (Å²) in [6.07, 6.45) is 6.39. The van der Waals surface area contributed by atoms with Crippen LogP contribution in [0.25, 0.3) is 0 Å². The average molecular weight is 353 g/mol. The predicted molar refractivity (Wildman–Crippen MR) is 95.1 cm³/mol. The smallest absolute Gasteiger partial charge is 0.133 e. The summed E-state index contributed by atoms with van der Waals surface area (Å²) >= 11 is 0. The Morgan fingerprint density at radius 1 is 1.31 bits per heavy atom. The third-order valence-electron chi connectivity index (χ3n) is 4.81. The molecule has 4 rings (SSSR count). The molecule has 1 aliphatic heterocycles. The monoisotopic (exact) mass is 353 g/mol. The van der Waals surface area contributed by atoms with Gasteiger partial charge in [-0.3, -0.25) is 9.88 Å². The Balaban J connectivity index is 1.46. The first kappa shape index (κ1) is 16.9. The van der Waals surface area contributed by atoms with E-state index < -0.39 is 0 Å². The van der Waals surface area contributed by atoms with Crippen molar-refractivity contribution < 1.29 is 9.26 Å². The van der Waals surface area contributed by atoms with Gasteiger partial charge in [0.25, 0.3) is 0 Å². The van der Waals surface area contributed by atoms with Gasteiger partial charge in [0.1, 0.15) is 5.76 Å². The molecular weight excluding hydrogens is 330 g/mol. The molecule has 26 heavy (non-hydrogen) atoms. The lowest BCUT2D eigenvalue weighted by Crippen LogP contribution is -2.43. The van der Waals surface area contributed by atoms with E-state index in [2.05, 4.69) is 31.6 Å². The maximum Gasteiger partial charge on any atom is 0.133 e. The fourth-order valence-corrected chi connectivity index (χ4v) is 3.41. The summed E-state index contributed by atoms with van der Waals surface area (Å²) in [4.78, 5) is 11.0. The molecule has 0 N–H and O–H groups in total. The molecule has 4 heterocycles. The summed E-state index contributed by atoms with van der Waals surface area (Å²) in [7, 11) is 2.05. The summed E-state index contributed by atoms with van der Waals surface area (Å²) in [6.45, 7) is 4.69. The van der Waals surface area contributed by atoms with Crippen molar-refractivity contribution in [3.8, 4) is 0 Å². The van der Waals surface area contributed by atoms with E-state index in [-0.39, 0.29) is 6.04 Å². The third-order valence-corrected chi connectivity index (χ3v) is 4.81. The quantitative estimate of drug-likeness (QED) is 0.677. The molecule has 0 fully saturated rings. The SMILES string of the molecule is Cc1cc(CN2Cc3ncn(C)c3C[C@H]2COCc2ccncc2)no1. The first-order valence-electron chi connectivity index (χ1n) is 8.81. The molecule has 0 saturated heterocycles. The van der Waals surface area contributed by atoms with E-state index >= 15 is 0 Å². The Hall–Kier alpha value is -2.51. The van der Waals surface area contributed by atoms with Crippen LogP contribution in [0.15, 0.2) is 41.4 Å². The van der Waals surface area contributed by atoms with E-state index in [1.807, 2.05) is 31.5 Å². The zero-order chi connectivity index (χ0) is 17.9. The minimum atomic E-state index is 0.275. The molecule has 0 bridgehead atoms. The van der Waals surface area contributed by atoms with Gasteiger partial charge in [0, 0.05) is 56.8 Å². The lowest BCUT2D eigenvalue weighted by Gasteiger charge is -2.34. The van der Waals surface area contributed by atoms with Crippen molar-refractivity contribution in [2.75, 3.05) is 6.61 Å². The van der Waals surface area contributed by atoms with Crippen LogP contribution in [0.2, 0.25) is 0 Å². The molecule has 0 unspecified atom stereocenters. The molecule has 0 spiro atoms. The third kappa shape index (κ3) is 3.68. The Bertz CT molecular complexity index is 858. The first-order valence-corrected chi connectivity index (χ1v) is 8.81. The number of pyridine rings is 1. The van der Waals surface area contributed by atoms with Gasteiger partial charge >= 0.3 is 0 Å². The molecule has 7 nitrogen and oxygen atoms in total. The molecule has 3 aromatic rings. The van der Waals surface area contributed by atoms with E-state index in [1.165, 1.54) is 5.69 Å². The Labute approximate surface area is 152 Å². The van der Waals surface area contributed by atoms with Crippen LogP contribution >= 0.6 is 0 Å². The minimum absolute atomic E-state index is 0.275. The molecule has 0 amide bonds. The highest BCUT2D eigenvalue weighted by Crippen LogP contribution is 2.24. The molecule has 1 aliphatic rings. The van der Waals surface area contributed by atoms with Gasteiger partial charge in [-0.15, -0.1) is 0 Å². The van der Waals surface area contributed by atoms with Crippen molar-refractivity contribution in [3.63, 3.8) is 0 Å². The summed E-state index contributed by atoms with van der Waals surface area (Å²) < 4.78 is 13.4. The topological polar surface area (TPSA) is 69.2 Å². The van der Waals surface area contributed by atoms with Crippen LogP contribution < -0.4 is 0 Å². The lowest BCUT2D eigenvalue weighted by molar-refractivity contribution is 0.0351. The normalized spacial score (nSPS) is 17.4. The van der Waals surface area contributed by atoms with Crippen LogP contribution in [0.4, 0.5) is 0 Å². The van der Waals surface area contributed by atoms with Gasteiger partial charge in [-0.25, -0.2) is 4.98 Å². The largest absolute Gasteiger partial charge is 0.375 e. The van der Waals surface area contributed by atoms with Crippen LogP contribution in [0.3, 0.4) is 0 Å². The van der Waals surface area contributed by atoms with E-state index in [4.69, 9.17) is 9.26 Å². The number of rotatable bonds is 6. The highest BCUT2D eigenvalue weighted by molar-refractivity contribution is 5.19. The first-order chi connectivity index (χ1) is 12.7. The zero-order valence-corrected chi connectivity index (χ0v) is 15.1. The molecule has 0 aromatic carbocycles. The van der Waals surface area contributed by atoms with Crippen molar-refractivity contribution in [2.45, 2.75) is 39.1 Å². The average Bonchev–Trinajstić information content (AvgIpc) is 3.22. The molecule has 136 valence electrons. The van der Waals surface area contributed by atoms with Gasteiger partial charge < -0.3 is 13.8 Å². The number of aromatic nitrogens is 4. The maximum atomic E-state index is 6.02. The minimum Gasteiger partial charge on any atom is -0.375 e. The highest BCUT2D eigenvalue weighted by atomic mass is 16.5. The lowest BCUT2D eigenvalue weighted by atomic mass is 10.0. The van der Waals surface area contributed by atoms with Crippen molar-refractivity contribution in [1.29, 1.82) is 0 Å². The van der Waals surface area contributed by atoms with Crippen LogP contribution in [-0.2, 0) is 37.9 Å². The number of nitrogens with zero attached hydrogens (tertiary/aromatic N) is 5. The molecule has 0 radical (unpaired) electrons. The zero-order valence-electron chi connectivity index (χ0n) is 15.1. The van der Waals surface area contributed by atoms with Crippen molar-refractivity contribution in [1.82, 2.24) is 24.6 Å². The molecule has 0 saturated carbocycles. The number of imidazole rings is 1. The van der Waals surface area contributed by atoms with Crippen molar-refractivity contribution >= 4 is 0 Å². The van der Waals surface area contributed by atoms with E-state index in [1.54, 1.807) is 12.4 Å². The molecular formula is C19H23N5O2. The second-order valence-corrected chi connectivity index (χ2v) is 6.81. The molecule has 0 aliphatic carbocycles. The number of ether oxygens (including phenoxy) is 1. The van der Waals surface area contributed by atoms with Crippen LogP contribution in [0.1, 0.15) is 28.4 Å². The highest BCUT2D eigenvalue weighted by Gasteiger charge is 2.29. The summed E-state index contributed by atoms with van der Waals surface area (Å²) in [5.74, 6) is 0.834. The standard InChI is InChI=1S/C19H23N5O2/c1-14-7-16(22-26-14)9-24-10-18-19(23(2)13-21-18)8-17(24)12-25-11-15-3-5-20-6-4-15/h3-7,13,17H,8-12H2,1-2H3/t17-/m0/s1. The summed E-state index contributed by atoms with van der Waals surface area (Å²) in [5, 5.41) is 4.14. The summed E-state index contributed by atoms with van der Waals surface area (Å²) in [6, 6.07) is 6.23. The number of hydrogen-bond donors (Lipinski definition) is 0. The second kappa shape index (κ2) is 7.39. The Kier molecular flexibility index (Phi) is 4.81. The molecule has 7 heteroatoms. The van der Waals surface area contributed by atoms with Gasteiger partial charge in [0.05, 0.1) is 30.9 Å². The van der Waals surface area contributed by atoms with Crippen molar-refractivity contribution in [2.24, 2.45) is 7.05 Å². The Morgan fingerprint density at radius 3 is 2.92 bits per heavy atom. The summed E-state index contributed by atoms with van der Waals surface area (Å²) in [5.41, 5.74) is 4.50. The van der Waals surface area contributed by atoms with Crippen molar-refractivity contribution in [3.05, 3.63) is 65.3 Å². The number of aryl methyl sites for hydroxylation is 2. The predicted octanol–water partition coefficient (Wildman–Crippen LogP) is 2.26. The van der Waals surface area contributed by atoms with Gasteiger partial charge in [0.15, 0.2) is 0 Å². The fraction of sp³-hybridized carbons (Fsp3) is 0.421. The second-order valence-electron chi connectivity index (χ2n) is 6.81. The molecule has 3 aromatic heterocycles. The van der Waals surface area contributed by atoms with Gasteiger partial charge in [-0.05, 0) is 24.6 Å². The Morgan fingerprint density at radius 2 is 2.15 bits per heavy atom. The van der Waals surface area contributed by atoms with Crippen LogP contribution in [0.5, 0.6) is 0 Å². The van der Waals surface area contributed by atoms with E-state index in [0.29, 0.717) is 13.2 Å². The maximum absolute atomic E-state index is 6.02. The van der Waals surface area contributed by atoms with Gasteiger partial charge in [-0.1, -0.05) is 5.16 Å². The van der Waals surface area contributed by atoms with E-state index in [0.717, 1.165) is 42.2 Å².